The van der Waals surface area contributed by atoms with Crippen LogP contribution in [-0.2, 0) is 0 Å². The van der Waals surface area contributed by atoms with Crippen LogP contribution in [0.15, 0.2) is 23.5 Å². The lowest BCUT2D eigenvalue weighted by Gasteiger charge is -2.26. The van der Waals surface area contributed by atoms with Gasteiger partial charge < -0.3 is 20.6 Å². The van der Waals surface area contributed by atoms with Crippen LogP contribution in [0.25, 0.3) is 0 Å². The molecule has 1 aromatic heterocycles. The highest BCUT2D eigenvalue weighted by atomic mass is 16.5. The molecule has 0 aliphatic carbocycles. The second-order valence-electron chi connectivity index (χ2n) is 4.64. The fraction of sp³-hybridized carbons (Fsp3) is 0.571. The lowest BCUT2D eigenvalue weighted by Crippen LogP contribution is -2.35. The van der Waals surface area contributed by atoms with Gasteiger partial charge in [-0.05, 0) is 25.5 Å². The Morgan fingerprint density at radius 2 is 2.30 bits per heavy atom. The third kappa shape index (κ3) is 4.29. The minimum Gasteiger partial charge on any atom is -0.490 e. The predicted octanol–water partition coefficient (Wildman–Crippen LogP) is 2.08. The third-order valence-electron chi connectivity index (χ3n) is 3.01. The van der Waals surface area contributed by atoms with Crippen molar-refractivity contribution in [2.24, 2.45) is 16.8 Å². The fourth-order valence-electron chi connectivity index (χ4n) is 1.83. The van der Waals surface area contributed by atoms with Crippen LogP contribution in [0.3, 0.4) is 0 Å². The Hall–Kier alpha value is -1.98. The number of anilines is 1. The number of hydrogen-bond donors (Lipinski definition) is 2. The zero-order valence-corrected chi connectivity index (χ0v) is 12.4. The predicted molar refractivity (Wildman–Crippen MR) is 80.5 cm³/mol. The molecule has 0 bridgehead atoms. The van der Waals surface area contributed by atoms with E-state index in [1.165, 1.54) is 0 Å². The van der Waals surface area contributed by atoms with E-state index in [1.807, 2.05) is 26.0 Å². The monoisotopic (exact) mass is 280 g/mol. The summed E-state index contributed by atoms with van der Waals surface area (Å²) in [6, 6.07) is 3.77. The first-order valence-corrected chi connectivity index (χ1v) is 6.94. The van der Waals surface area contributed by atoms with Crippen LogP contribution < -0.4 is 15.4 Å². The molecule has 20 heavy (non-hydrogen) atoms. The second kappa shape index (κ2) is 8.24. The first kappa shape index (κ1) is 16.1. The van der Waals surface area contributed by atoms with Gasteiger partial charge in [-0.1, -0.05) is 19.0 Å². The Morgan fingerprint density at radius 3 is 2.90 bits per heavy atom. The standard InChI is InChI=1S/C14H24N4O2/c1-4-9-20-12-7-6-8-16-14(12)18(5-2)10-11(3)13(15)17-19/h6-8,11,19H,4-5,9-10H2,1-3H3,(H2,15,17). The molecule has 6 heteroatoms. The van der Waals surface area contributed by atoms with Gasteiger partial charge in [0.1, 0.15) is 5.84 Å². The van der Waals surface area contributed by atoms with Gasteiger partial charge in [-0.2, -0.15) is 0 Å². The topological polar surface area (TPSA) is 84.0 Å². The van der Waals surface area contributed by atoms with Crippen LogP contribution in [0, 0.1) is 5.92 Å². The molecule has 1 atom stereocenters. The average Bonchev–Trinajstić information content (AvgIpc) is 2.49. The van der Waals surface area contributed by atoms with E-state index >= 15 is 0 Å². The van der Waals surface area contributed by atoms with E-state index in [0.717, 1.165) is 24.5 Å². The van der Waals surface area contributed by atoms with Gasteiger partial charge in [0.2, 0.25) is 0 Å². The van der Waals surface area contributed by atoms with Crippen LogP contribution in [0.2, 0.25) is 0 Å². The minimum atomic E-state index is -0.0685. The number of rotatable bonds is 8. The number of amidine groups is 1. The number of ether oxygens (including phenoxy) is 1. The largest absolute Gasteiger partial charge is 0.490 e. The first-order valence-electron chi connectivity index (χ1n) is 6.94. The number of aromatic nitrogens is 1. The summed E-state index contributed by atoms with van der Waals surface area (Å²) >= 11 is 0. The number of nitrogens with zero attached hydrogens (tertiary/aromatic N) is 3. The van der Waals surface area contributed by atoms with Gasteiger partial charge in [-0.25, -0.2) is 4.98 Å². The Morgan fingerprint density at radius 1 is 1.55 bits per heavy atom. The molecule has 1 aromatic rings. The molecule has 0 spiro atoms. The van der Waals surface area contributed by atoms with Crippen LogP contribution >= 0.6 is 0 Å². The van der Waals surface area contributed by atoms with Crippen LogP contribution in [0.4, 0.5) is 5.82 Å². The Labute approximate surface area is 120 Å². The molecule has 0 fully saturated rings. The zero-order valence-electron chi connectivity index (χ0n) is 12.4. The van der Waals surface area contributed by atoms with Gasteiger partial charge in [0.25, 0.3) is 0 Å². The molecular weight excluding hydrogens is 256 g/mol. The quantitative estimate of drug-likeness (QED) is 0.330. The van der Waals surface area contributed by atoms with Crippen molar-refractivity contribution in [3.8, 4) is 5.75 Å². The van der Waals surface area contributed by atoms with Crippen molar-refractivity contribution in [1.29, 1.82) is 0 Å². The molecule has 0 aliphatic heterocycles. The van der Waals surface area contributed by atoms with Crippen molar-refractivity contribution < 1.29 is 9.94 Å². The van der Waals surface area contributed by atoms with E-state index in [1.54, 1.807) is 6.20 Å². The molecule has 1 rings (SSSR count). The van der Waals surface area contributed by atoms with Crippen molar-refractivity contribution in [1.82, 2.24) is 4.98 Å². The molecule has 0 saturated carbocycles. The highest BCUT2D eigenvalue weighted by molar-refractivity contribution is 5.82. The van der Waals surface area contributed by atoms with Crippen molar-refractivity contribution in [2.45, 2.75) is 27.2 Å². The van der Waals surface area contributed by atoms with E-state index in [2.05, 4.69) is 22.0 Å². The molecular formula is C14H24N4O2. The van der Waals surface area contributed by atoms with Crippen molar-refractivity contribution in [3.05, 3.63) is 18.3 Å². The summed E-state index contributed by atoms with van der Waals surface area (Å²) in [7, 11) is 0. The first-order chi connectivity index (χ1) is 9.63. The summed E-state index contributed by atoms with van der Waals surface area (Å²) < 4.78 is 5.72. The summed E-state index contributed by atoms with van der Waals surface area (Å²) in [6.07, 6.45) is 2.69. The molecule has 0 radical (unpaired) electrons. The zero-order chi connectivity index (χ0) is 15.0. The van der Waals surface area contributed by atoms with E-state index in [0.29, 0.717) is 13.2 Å². The van der Waals surface area contributed by atoms with E-state index < -0.39 is 0 Å². The number of pyridine rings is 1. The molecule has 1 unspecified atom stereocenters. The summed E-state index contributed by atoms with van der Waals surface area (Å²) in [5.74, 6) is 1.71. The lowest BCUT2D eigenvalue weighted by atomic mass is 10.1. The maximum absolute atomic E-state index is 8.74. The molecule has 0 aromatic carbocycles. The summed E-state index contributed by atoms with van der Waals surface area (Å²) in [5, 5.41) is 11.8. The average molecular weight is 280 g/mol. The summed E-state index contributed by atoms with van der Waals surface area (Å²) in [6.45, 7) is 8.05. The molecule has 0 aliphatic rings. The molecule has 112 valence electrons. The van der Waals surface area contributed by atoms with Gasteiger partial charge >= 0.3 is 0 Å². The molecule has 0 saturated heterocycles. The third-order valence-corrected chi connectivity index (χ3v) is 3.01. The van der Waals surface area contributed by atoms with Crippen LogP contribution in [0.1, 0.15) is 27.2 Å². The maximum Gasteiger partial charge on any atom is 0.171 e. The van der Waals surface area contributed by atoms with Gasteiger partial charge in [-0.15, -0.1) is 0 Å². The molecule has 3 N–H and O–H groups in total. The van der Waals surface area contributed by atoms with E-state index in [9.17, 15) is 0 Å². The number of hydrogen-bond acceptors (Lipinski definition) is 5. The van der Waals surface area contributed by atoms with E-state index in [-0.39, 0.29) is 11.8 Å². The van der Waals surface area contributed by atoms with Gasteiger partial charge in [0.15, 0.2) is 11.6 Å². The normalized spacial score (nSPS) is 13.1. The smallest absolute Gasteiger partial charge is 0.171 e. The van der Waals surface area contributed by atoms with E-state index in [4.69, 9.17) is 15.7 Å². The summed E-state index contributed by atoms with van der Waals surface area (Å²) in [4.78, 5) is 6.46. The Bertz CT molecular complexity index is 437. The van der Waals surface area contributed by atoms with Crippen LogP contribution in [0.5, 0.6) is 5.75 Å². The molecule has 0 amide bonds. The van der Waals surface area contributed by atoms with Gasteiger partial charge in [0, 0.05) is 25.2 Å². The van der Waals surface area contributed by atoms with Crippen molar-refractivity contribution in [2.75, 3.05) is 24.6 Å². The van der Waals surface area contributed by atoms with Crippen LogP contribution in [-0.4, -0.2) is 35.7 Å². The second-order valence-corrected chi connectivity index (χ2v) is 4.64. The SMILES string of the molecule is CCCOc1cccnc1N(CC)CC(C)/C(N)=N/O. The maximum atomic E-state index is 8.74. The Balaban J connectivity index is 2.88. The fourth-order valence-corrected chi connectivity index (χ4v) is 1.83. The van der Waals surface area contributed by atoms with Gasteiger partial charge in [0.05, 0.1) is 6.61 Å². The molecule has 1 heterocycles. The number of nitrogens with two attached hydrogens (primary N) is 1. The Kier molecular flexibility index (Phi) is 6.63. The van der Waals surface area contributed by atoms with Gasteiger partial charge in [-0.3, -0.25) is 0 Å². The highest BCUT2D eigenvalue weighted by Gasteiger charge is 2.17. The number of oxime groups is 1. The van der Waals surface area contributed by atoms with Crippen molar-refractivity contribution >= 4 is 11.7 Å². The summed E-state index contributed by atoms with van der Waals surface area (Å²) in [5.41, 5.74) is 5.64. The molecule has 6 nitrogen and oxygen atoms in total. The lowest BCUT2D eigenvalue weighted by molar-refractivity contribution is 0.313. The van der Waals surface area contributed by atoms with Crippen molar-refractivity contribution in [3.63, 3.8) is 0 Å². The highest BCUT2D eigenvalue weighted by Crippen LogP contribution is 2.26. The minimum absolute atomic E-state index is 0.0685.